The van der Waals surface area contributed by atoms with Crippen molar-refractivity contribution < 1.29 is 14.6 Å². The molecule has 0 amide bonds. The van der Waals surface area contributed by atoms with Crippen LogP contribution in [0, 0.1) is 0 Å². The SMILES string of the molecule is COc1cc(CN=C(N(C)C)N(C)C)cc(OC)c1O. The molecule has 0 bridgehead atoms. The summed E-state index contributed by atoms with van der Waals surface area (Å²) in [6.45, 7) is 0.471. The molecule has 112 valence electrons. The molecule has 1 rings (SSSR count). The summed E-state index contributed by atoms with van der Waals surface area (Å²) in [6.07, 6.45) is 0. The van der Waals surface area contributed by atoms with Crippen LogP contribution in [0.3, 0.4) is 0 Å². The highest BCUT2D eigenvalue weighted by Crippen LogP contribution is 2.37. The molecule has 0 unspecified atom stereocenters. The number of ether oxygens (including phenoxy) is 2. The predicted octanol–water partition coefficient (Wildman–Crippen LogP) is 1.39. The van der Waals surface area contributed by atoms with Gasteiger partial charge in [-0.05, 0) is 17.7 Å². The summed E-state index contributed by atoms with van der Waals surface area (Å²) < 4.78 is 10.3. The van der Waals surface area contributed by atoms with Crippen LogP contribution < -0.4 is 9.47 Å². The van der Waals surface area contributed by atoms with E-state index in [2.05, 4.69) is 4.99 Å². The molecule has 0 atom stereocenters. The second-order valence-electron chi connectivity index (χ2n) is 4.75. The van der Waals surface area contributed by atoms with E-state index < -0.39 is 0 Å². The topological polar surface area (TPSA) is 57.5 Å². The van der Waals surface area contributed by atoms with Crippen molar-refractivity contribution >= 4 is 5.96 Å². The van der Waals surface area contributed by atoms with E-state index in [1.54, 1.807) is 12.1 Å². The first-order valence-electron chi connectivity index (χ1n) is 6.23. The molecule has 0 radical (unpaired) electrons. The van der Waals surface area contributed by atoms with Crippen molar-refractivity contribution in [1.82, 2.24) is 9.80 Å². The predicted molar refractivity (Wildman–Crippen MR) is 79.7 cm³/mol. The van der Waals surface area contributed by atoms with Crippen LogP contribution in [0.5, 0.6) is 17.2 Å². The third kappa shape index (κ3) is 3.69. The Kier molecular flexibility index (Phi) is 5.49. The minimum Gasteiger partial charge on any atom is -0.502 e. The van der Waals surface area contributed by atoms with Gasteiger partial charge in [0, 0.05) is 28.2 Å². The Hall–Kier alpha value is -2.11. The van der Waals surface area contributed by atoms with Gasteiger partial charge >= 0.3 is 0 Å². The molecule has 20 heavy (non-hydrogen) atoms. The smallest absolute Gasteiger partial charge is 0.200 e. The summed E-state index contributed by atoms with van der Waals surface area (Å²) in [4.78, 5) is 8.43. The molecule has 0 fully saturated rings. The quantitative estimate of drug-likeness (QED) is 0.667. The lowest BCUT2D eigenvalue weighted by Crippen LogP contribution is -2.35. The normalized spacial score (nSPS) is 9.90. The number of nitrogens with zero attached hydrogens (tertiary/aromatic N) is 3. The lowest BCUT2D eigenvalue weighted by Gasteiger charge is -2.22. The third-order valence-corrected chi connectivity index (χ3v) is 2.74. The number of benzene rings is 1. The van der Waals surface area contributed by atoms with Crippen LogP contribution in [0.2, 0.25) is 0 Å². The van der Waals surface area contributed by atoms with E-state index in [9.17, 15) is 5.11 Å². The van der Waals surface area contributed by atoms with Gasteiger partial charge in [0.05, 0.1) is 20.8 Å². The number of methoxy groups -OCH3 is 2. The fourth-order valence-electron chi connectivity index (χ4n) is 1.88. The molecule has 0 saturated carbocycles. The van der Waals surface area contributed by atoms with Crippen molar-refractivity contribution in [3.63, 3.8) is 0 Å². The number of guanidine groups is 1. The van der Waals surface area contributed by atoms with E-state index in [0.717, 1.165) is 11.5 Å². The van der Waals surface area contributed by atoms with E-state index >= 15 is 0 Å². The number of phenolic OH excluding ortho intramolecular Hbond substituents is 1. The average Bonchev–Trinajstić information content (AvgIpc) is 2.39. The second-order valence-corrected chi connectivity index (χ2v) is 4.75. The molecule has 0 heterocycles. The van der Waals surface area contributed by atoms with Crippen molar-refractivity contribution in [1.29, 1.82) is 0 Å². The maximum Gasteiger partial charge on any atom is 0.200 e. The largest absolute Gasteiger partial charge is 0.502 e. The molecule has 0 saturated heterocycles. The zero-order valence-corrected chi connectivity index (χ0v) is 13.0. The number of hydrogen-bond acceptors (Lipinski definition) is 4. The van der Waals surface area contributed by atoms with Gasteiger partial charge < -0.3 is 24.4 Å². The maximum absolute atomic E-state index is 9.86. The fraction of sp³-hybridized carbons (Fsp3) is 0.500. The van der Waals surface area contributed by atoms with Crippen LogP contribution >= 0.6 is 0 Å². The van der Waals surface area contributed by atoms with Crippen LogP contribution in [0.1, 0.15) is 5.56 Å². The fourth-order valence-corrected chi connectivity index (χ4v) is 1.88. The summed E-state index contributed by atoms with van der Waals surface area (Å²) in [5.74, 6) is 1.62. The molecular weight excluding hydrogens is 258 g/mol. The Labute approximate surface area is 120 Å². The molecule has 1 aromatic carbocycles. The standard InChI is InChI=1S/C14H23N3O3/c1-16(2)14(17(3)4)15-9-10-7-11(19-5)13(18)12(8-10)20-6/h7-8,18H,9H2,1-6H3. The minimum absolute atomic E-state index is 0.00294. The lowest BCUT2D eigenvalue weighted by molar-refractivity contribution is 0.339. The number of aromatic hydroxyl groups is 1. The monoisotopic (exact) mass is 281 g/mol. The Balaban J connectivity index is 3.06. The van der Waals surface area contributed by atoms with Gasteiger partial charge in [-0.3, -0.25) is 0 Å². The number of aliphatic imine (C=N–C) groups is 1. The summed E-state index contributed by atoms with van der Waals surface area (Å²) in [5.41, 5.74) is 0.901. The first kappa shape index (κ1) is 15.9. The minimum atomic E-state index is 0.00294. The van der Waals surface area contributed by atoms with Gasteiger partial charge in [0.25, 0.3) is 0 Å². The van der Waals surface area contributed by atoms with Gasteiger partial charge in [-0.2, -0.15) is 0 Å². The molecular formula is C14H23N3O3. The summed E-state index contributed by atoms with van der Waals surface area (Å²) in [5, 5.41) is 9.86. The van der Waals surface area contributed by atoms with E-state index in [1.165, 1.54) is 14.2 Å². The van der Waals surface area contributed by atoms with Crippen LogP contribution in [0.15, 0.2) is 17.1 Å². The highest BCUT2D eigenvalue weighted by molar-refractivity contribution is 5.79. The molecule has 0 aliphatic heterocycles. The Morgan fingerprint density at radius 1 is 1.05 bits per heavy atom. The first-order valence-corrected chi connectivity index (χ1v) is 6.23. The molecule has 0 aliphatic carbocycles. The van der Waals surface area contributed by atoms with E-state index in [-0.39, 0.29) is 5.75 Å². The highest BCUT2D eigenvalue weighted by Gasteiger charge is 2.11. The first-order chi connectivity index (χ1) is 9.40. The van der Waals surface area contributed by atoms with Gasteiger partial charge in [-0.15, -0.1) is 0 Å². The maximum atomic E-state index is 9.86. The lowest BCUT2D eigenvalue weighted by atomic mass is 10.2. The molecule has 0 aromatic heterocycles. The number of rotatable bonds is 4. The molecule has 0 spiro atoms. The number of phenols is 1. The number of hydrogen-bond donors (Lipinski definition) is 1. The van der Waals surface area contributed by atoms with Crippen molar-refractivity contribution in [2.24, 2.45) is 4.99 Å². The molecule has 0 aliphatic rings. The van der Waals surface area contributed by atoms with E-state index in [0.29, 0.717) is 18.0 Å². The Morgan fingerprint density at radius 3 is 1.85 bits per heavy atom. The van der Waals surface area contributed by atoms with Gasteiger partial charge in [-0.25, -0.2) is 4.99 Å². The molecule has 6 nitrogen and oxygen atoms in total. The van der Waals surface area contributed by atoms with Gasteiger partial charge in [0.2, 0.25) is 5.75 Å². The summed E-state index contributed by atoms with van der Waals surface area (Å²) >= 11 is 0. The highest BCUT2D eigenvalue weighted by atomic mass is 16.5. The molecule has 1 aromatic rings. The Bertz CT molecular complexity index is 450. The van der Waals surface area contributed by atoms with Crippen LogP contribution in [0.4, 0.5) is 0 Å². The molecule has 1 N–H and O–H groups in total. The van der Waals surface area contributed by atoms with Gasteiger partial charge in [0.1, 0.15) is 0 Å². The second kappa shape index (κ2) is 6.88. The van der Waals surface area contributed by atoms with Crippen LogP contribution in [0.25, 0.3) is 0 Å². The zero-order chi connectivity index (χ0) is 15.3. The van der Waals surface area contributed by atoms with Gasteiger partial charge in [-0.1, -0.05) is 0 Å². The van der Waals surface area contributed by atoms with Crippen LogP contribution in [-0.4, -0.2) is 63.3 Å². The van der Waals surface area contributed by atoms with E-state index in [4.69, 9.17) is 9.47 Å². The zero-order valence-electron chi connectivity index (χ0n) is 13.0. The van der Waals surface area contributed by atoms with Crippen molar-refractivity contribution in [3.8, 4) is 17.2 Å². The summed E-state index contributed by atoms with van der Waals surface area (Å²) in [6, 6.07) is 3.51. The van der Waals surface area contributed by atoms with Crippen molar-refractivity contribution in [2.75, 3.05) is 42.4 Å². The third-order valence-electron chi connectivity index (χ3n) is 2.74. The molecule has 6 heteroatoms. The summed E-state index contributed by atoms with van der Waals surface area (Å²) in [7, 11) is 10.8. The van der Waals surface area contributed by atoms with Crippen LogP contribution in [-0.2, 0) is 6.54 Å². The van der Waals surface area contributed by atoms with Gasteiger partial charge in [0.15, 0.2) is 17.5 Å². The average molecular weight is 281 g/mol. The van der Waals surface area contributed by atoms with Crippen molar-refractivity contribution in [2.45, 2.75) is 6.54 Å². The van der Waals surface area contributed by atoms with E-state index in [1.807, 2.05) is 38.0 Å². The van der Waals surface area contributed by atoms with Crippen molar-refractivity contribution in [3.05, 3.63) is 17.7 Å². The Morgan fingerprint density at radius 2 is 1.50 bits per heavy atom.